The first kappa shape index (κ1) is 31.1. The van der Waals surface area contributed by atoms with Crippen molar-refractivity contribution in [3.63, 3.8) is 0 Å². The molecule has 1 saturated carbocycles. The van der Waals surface area contributed by atoms with Crippen LogP contribution in [0.5, 0.6) is 5.75 Å². The van der Waals surface area contributed by atoms with Gasteiger partial charge in [0.25, 0.3) is 5.91 Å². The van der Waals surface area contributed by atoms with Gasteiger partial charge in [0.05, 0.1) is 11.6 Å². The first-order chi connectivity index (χ1) is 20.7. The molecule has 1 fully saturated rings. The Morgan fingerprint density at radius 3 is 2.39 bits per heavy atom. The van der Waals surface area contributed by atoms with Gasteiger partial charge in [-0.3, -0.25) is 24.1 Å². The number of aromatic hydroxyl groups is 1. The average Bonchev–Trinajstić information content (AvgIpc) is 2.94. The molecule has 5 rings (SSSR count). The van der Waals surface area contributed by atoms with Gasteiger partial charge in [-0.1, -0.05) is 18.2 Å². The van der Waals surface area contributed by atoms with Crippen molar-refractivity contribution in [1.29, 1.82) is 0 Å². The summed E-state index contributed by atoms with van der Waals surface area (Å²) in [5.41, 5.74) is -1.19. The van der Waals surface area contributed by atoms with E-state index in [0.29, 0.717) is 35.3 Å². The van der Waals surface area contributed by atoms with E-state index in [9.17, 15) is 39.6 Å². The molecule has 0 unspecified atom stereocenters. The highest BCUT2D eigenvalue weighted by Gasteiger charge is 2.64. The van der Waals surface area contributed by atoms with E-state index < -0.39 is 57.9 Å². The molecule has 0 spiro atoms. The number of aliphatic hydroxyl groups excluding tert-OH is 2. The second kappa shape index (κ2) is 11.3. The number of likely N-dealkylation sites (N-methyl/N-ethyl adjacent to an activating group) is 2. The molecule has 0 saturated heterocycles. The van der Waals surface area contributed by atoms with Gasteiger partial charge in [-0.25, -0.2) is 0 Å². The number of phenolic OH excluding ortho intramolecular Hbond substituents is 1. The van der Waals surface area contributed by atoms with Crippen molar-refractivity contribution in [2.45, 2.75) is 31.4 Å². The average molecular weight is 604 g/mol. The molecule has 5 N–H and O–H groups in total. The molecule has 1 amide bonds. The van der Waals surface area contributed by atoms with Crippen LogP contribution < -0.4 is 5.32 Å². The molecule has 0 aromatic heterocycles. The van der Waals surface area contributed by atoms with Crippen LogP contribution in [-0.4, -0.2) is 106 Å². The predicted octanol–water partition coefficient (Wildman–Crippen LogP) is 2.03. The van der Waals surface area contributed by atoms with Crippen molar-refractivity contribution in [1.82, 2.24) is 15.1 Å². The summed E-state index contributed by atoms with van der Waals surface area (Å²) in [5, 5.41) is 48.2. The number of hydrogen-bond acceptors (Lipinski definition) is 10. The molecule has 3 aliphatic carbocycles. The second-order valence-electron chi connectivity index (χ2n) is 12.3. The van der Waals surface area contributed by atoms with Gasteiger partial charge in [0, 0.05) is 30.1 Å². The standard InChI is InChI=1S/C33H37N3O8/c1-16(37)24-29(40)27(36(4)5)22-15-19-14-21-20(17-7-6-8-18(13-17)32(43)34-11-12-35(2)3)9-10-23(38)26(21)28(39)25(19)31(42)33(22,44)30(24)41/h6-10,13,19,22,27,38-39,41,44H,11-12,14-15H2,1-5H3,(H,34,43)/t19-,22-,27-,33+/m0/s1. The van der Waals surface area contributed by atoms with Gasteiger partial charge in [0.15, 0.2) is 17.2 Å². The van der Waals surface area contributed by atoms with Crippen LogP contribution in [0.2, 0.25) is 0 Å². The summed E-state index contributed by atoms with van der Waals surface area (Å²) in [6.45, 7) is 2.21. The minimum Gasteiger partial charge on any atom is -0.508 e. The van der Waals surface area contributed by atoms with E-state index in [4.69, 9.17) is 0 Å². The maximum Gasteiger partial charge on any atom is 0.251 e. The SMILES string of the molecule is CC(=O)C1=C(O)[C@@]2(O)C(=O)C3=C(O)c4c(O)ccc(-c5cccc(C(=O)NCCN(C)C)c5)c4C[C@H]3C[C@H]2[C@H](N(C)C)C1=O. The van der Waals surface area contributed by atoms with Crippen LogP contribution in [0.15, 0.2) is 53.3 Å². The third-order valence-corrected chi connectivity index (χ3v) is 8.99. The number of nitrogens with zero attached hydrogens (tertiary/aromatic N) is 2. The van der Waals surface area contributed by atoms with Gasteiger partial charge < -0.3 is 30.6 Å². The fourth-order valence-electron chi connectivity index (χ4n) is 6.94. The van der Waals surface area contributed by atoms with Gasteiger partial charge >= 0.3 is 0 Å². The summed E-state index contributed by atoms with van der Waals surface area (Å²) >= 11 is 0. The maximum atomic E-state index is 14.1. The van der Waals surface area contributed by atoms with E-state index >= 15 is 0 Å². The van der Waals surface area contributed by atoms with Crippen molar-refractivity contribution in [3.8, 4) is 16.9 Å². The number of aliphatic hydroxyl groups is 3. The quantitative estimate of drug-likeness (QED) is 0.296. The molecule has 2 aromatic rings. The molecule has 0 radical (unpaired) electrons. The number of benzene rings is 2. The number of ketones is 3. The minimum absolute atomic E-state index is 0.0105. The normalized spacial score (nSPS) is 24.8. The van der Waals surface area contributed by atoms with E-state index in [2.05, 4.69) is 5.32 Å². The molecule has 2 aromatic carbocycles. The molecule has 44 heavy (non-hydrogen) atoms. The highest BCUT2D eigenvalue weighted by molar-refractivity contribution is 6.25. The molecular weight excluding hydrogens is 566 g/mol. The third kappa shape index (κ3) is 4.81. The van der Waals surface area contributed by atoms with Crippen LogP contribution in [0.1, 0.15) is 34.8 Å². The number of carbonyl (C=O) groups excluding carboxylic acids is 4. The number of Topliss-reactive ketones (excluding diaryl/α,β-unsaturated/α-hetero) is 3. The van der Waals surface area contributed by atoms with Gasteiger partial charge in [0.2, 0.25) is 5.78 Å². The predicted molar refractivity (Wildman–Crippen MR) is 162 cm³/mol. The molecule has 0 bridgehead atoms. The van der Waals surface area contributed by atoms with Crippen LogP contribution in [0.4, 0.5) is 0 Å². The Kier molecular flexibility index (Phi) is 8.00. The lowest BCUT2D eigenvalue weighted by Crippen LogP contribution is -2.65. The van der Waals surface area contributed by atoms with Crippen molar-refractivity contribution in [3.05, 3.63) is 70.0 Å². The molecule has 0 aliphatic heterocycles. The fraction of sp³-hybridized carbons (Fsp3) is 0.394. The lowest BCUT2D eigenvalue weighted by atomic mass is 9.57. The van der Waals surface area contributed by atoms with Crippen LogP contribution in [0, 0.1) is 11.8 Å². The lowest BCUT2D eigenvalue weighted by molar-refractivity contribution is -0.153. The first-order valence-electron chi connectivity index (χ1n) is 14.4. The lowest BCUT2D eigenvalue weighted by Gasteiger charge is -2.50. The van der Waals surface area contributed by atoms with Crippen molar-refractivity contribution in [2.24, 2.45) is 11.8 Å². The zero-order valence-electron chi connectivity index (χ0n) is 25.3. The monoisotopic (exact) mass is 603 g/mol. The van der Waals surface area contributed by atoms with Gasteiger partial charge in [-0.15, -0.1) is 0 Å². The Hall–Kier alpha value is -4.32. The molecule has 232 valence electrons. The van der Waals surface area contributed by atoms with E-state index in [0.717, 1.165) is 6.92 Å². The van der Waals surface area contributed by atoms with E-state index in [1.807, 2.05) is 19.0 Å². The fourth-order valence-corrected chi connectivity index (χ4v) is 6.94. The number of phenols is 1. The molecular formula is C33H37N3O8. The Morgan fingerprint density at radius 2 is 1.75 bits per heavy atom. The van der Waals surface area contributed by atoms with Gasteiger partial charge in [-0.05, 0) is 88.8 Å². The molecule has 3 aliphatic rings. The summed E-state index contributed by atoms with van der Waals surface area (Å²) in [6.07, 6.45) is 0.183. The highest BCUT2D eigenvalue weighted by atomic mass is 16.3. The van der Waals surface area contributed by atoms with E-state index in [-0.39, 0.29) is 35.6 Å². The second-order valence-corrected chi connectivity index (χ2v) is 12.3. The zero-order valence-corrected chi connectivity index (χ0v) is 25.3. The summed E-state index contributed by atoms with van der Waals surface area (Å²) in [4.78, 5) is 56.1. The smallest absolute Gasteiger partial charge is 0.251 e. The van der Waals surface area contributed by atoms with Crippen LogP contribution in [0.3, 0.4) is 0 Å². The summed E-state index contributed by atoms with van der Waals surface area (Å²) in [7, 11) is 7.00. The Labute approximate surface area is 255 Å². The van der Waals surface area contributed by atoms with Crippen molar-refractivity contribution >= 4 is 29.0 Å². The first-order valence-corrected chi connectivity index (χ1v) is 14.4. The number of rotatable bonds is 7. The number of fused-ring (bicyclic) bond motifs is 3. The van der Waals surface area contributed by atoms with Crippen molar-refractivity contribution < 1.29 is 39.6 Å². The highest BCUT2D eigenvalue weighted by Crippen LogP contribution is 2.53. The molecule has 11 heteroatoms. The zero-order chi connectivity index (χ0) is 32.2. The van der Waals surface area contributed by atoms with Gasteiger partial charge in [-0.2, -0.15) is 0 Å². The number of hydrogen-bond donors (Lipinski definition) is 5. The number of amides is 1. The maximum absolute atomic E-state index is 14.1. The number of carbonyl (C=O) groups is 4. The topological polar surface area (TPSA) is 168 Å². The Morgan fingerprint density at radius 1 is 1.05 bits per heavy atom. The summed E-state index contributed by atoms with van der Waals surface area (Å²) < 4.78 is 0. The Bertz CT molecular complexity index is 1660. The Balaban J connectivity index is 1.62. The summed E-state index contributed by atoms with van der Waals surface area (Å²) in [6, 6.07) is 8.92. The van der Waals surface area contributed by atoms with Gasteiger partial charge in [0.1, 0.15) is 22.8 Å². The number of nitrogens with one attached hydrogen (secondary N) is 1. The van der Waals surface area contributed by atoms with Crippen LogP contribution in [-0.2, 0) is 20.8 Å². The molecule has 4 atom stereocenters. The van der Waals surface area contributed by atoms with E-state index in [1.165, 1.54) is 11.0 Å². The third-order valence-electron chi connectivity index (χ3n) is 8.99. The summed E-state index contributed by atoms with van der Waals surface area (Å²) in [5.74, 6) is -6.37. The van der Waals surface area contributed by atoms with Crippen molar-refractivity contribution in [2.75, 3.05) is 41.3 Å². The largest absolute Gasteiger partial charge is 0.508 e. The van der Waals surface area contributed by atoms with Crippen LogP contribution >= 0.6 is 0 Å². The van der Waals surface area contributed by atoms with Crippen LogP contribution in [0.25, 0.3) is 16.9 Å². The molecule has 0 heterocycles. The van der Waals surface area contributed by atoms with E-state index in [1.54, 1.807) is 44.4 Å². The minimum atomic E-state index is -2.62. The molecule has 11 nitrogen and oxygen atoms in total.